The van der Waals surface area contributed by atoms with Crippen molar-refractivity contribution >= 4 is 55.5 Å². The Labute approximate surface area is 164 Å². The maximum absolute atomic E-state index is 12.5. The van der Waals surface area contributed by atoms with Crippen molar-refractivity contribution in [3.05, 3.63) is 39.5 Å². The van der Waals surface area contributed by atoms with Gasteiger partial charge in [0, 0.05) is 31.1 Å². The van der Waals surface area contributed by atoms with Gasteiger partial charge in [-0.05, 0) is 24.3 Å². The number of thiazole rings is 1. The molecule has 1 aliphatic rings. The largest absolute Gasteiger partial charge is 0.494 e. The van der Waals surface area contributed by atoms with Crippen molar-refractivity contribution in [2.45, 2.75) is 6.42 Å². The van der Waals surface area contributed by atoms with Crippen LogP contribution >= 0.6 is 34.3 Å². The van der Waals surface area contributed by atoms with Gasteiger partial charge in [0.2, 0.25) is 5.91 Å². The Morgan fingerprint density at radius 1 is 1.19 bits per heavy atom. The summed E-state index contributed by atoms with van der Waals surface area (Å²) in [6.45, 7) is 3.01. The SMILES string of the molecule is COc1cccc2sc(N3CCN(C(=O)Cc4ccc(Cl)s4)CC3)nc12. The zero-order valence-corrected chi connectivity index (χ0v) is 16.7. The highest BCUT2D eigenvalue weighted by Crippen LogP contribution is 2.34. The molecule has 5 nitrogen and oxygen atoms in total. The third-order valence-electron chi connectivity index (χ3n) is 4.45. The second-order valence-corrected chi connectivity index (χ2v) is 8.86. The molecule has 1 aromatic carbocycles. The van der Waals surface area contributed by atoms with Crippen molar-refractivity contribution in [1.82, 2.24) is 9.88 Å². The van der Waals surface area contributed by atoms with Crippen molar-refractivity contribution in [1.29, 1.82) is 0 Å². The fourth-order valence-corrected chi connectivity index (χ4v) is 5.18. The first kappa shape index (κ1) is 17.6. The minimum atomic E-state index is 0.161. The zero-order valence-electron chi connectivity index (χ0n) is 14.3. The van der Waals surface area contributed by atoms with Crippen molar-refractivity contribution in [3.63, 3.8) is 0 Å². The standard InChI is InChI=1S/C18H18ClN3O2S2/c1-24-13-3-2-4-14-17(13)20-18(26-14)22-9-7-21(8-10-22)16(23)11-12-5-6-15(19)25-12/h2-6H,7-11H2,1H3. The molecule has 0 spiro atoms. The topological polar surface area (TPSA) is 45.7 Å². The number of hydrogen-bond donors (Lipinski definition) is 0. The lowest BCUT2D eigenvalue weighted by Crippen LogP contribution is -2.49. The Kier molecular flexibility index (Phi) is 5.02. The summed E-state index contributed by atoms with van der Waals surface area (Å²) in [6.07, 6.45) is 0.426. The molecule has 1 fully saturated rings. The minimum absolute atomic E-state index is 0.161. The number of benzene rings is 1. The van der Waals surface area contributed by atoms with E-state index in [4.69, 9.17) is 21.3 Å². The van der Waals surface area contributed by atoms with Gasteiger partial charge in [-0.25, -0.2) is 4.98 Å². The maximum Gasteiger partial charge on any atom is 0.227 e. The van der Waals surface area contributed by atoms with Gasteiger partial charge >= 0.3 is 0 Å². The molecule has 4 rings (SSSR count). The Bertz CT molecular complexity index is 932. The molecule has 3 aromatic rings. The molecule has 2 aromatic heterocycles. The molecule has 8 heteroatoms. The van der Waals surface area contributed by atoms with Crippen LogP contribution in [0.25, 0.3) is 10.2 Å². The van der Waals surface area contributed by atoms with Crippen molar-refractivity contribution in [2.24, 2.45) is 0 Å². The highest BCUT2D eigenvalue weighted by atomic mass is 35.5. The monoisotopic (exact) mass is 407 g/mol. The van der Waals surface area contributed by atoms with E-state index >= 15 is 0 Å². The summed E-state index contributed by atoms with van der Waals surface area (Å²) in [5.41, 5.74) is 0.906. The van der Waals surface area contributed by atoms with Crippen LogP contribution in [0.4, 0.5) is 5.13 Å². The average Bonchev–Trinajstić information content (AvgIpc) is 3.27. The Morgan fingerprint density at radius 3 is 2.69 bits per heavy atom. The molecule has 1 aliphatic heterocycles. The second-order valence-electron chi connectivity index (χ2n) is 6.05. The summed E-state index contributed by atoms with van der Waals surface area (Å²) in [5, 5.41) is 0.988. The number of nitrogens with zero attached hydrogens (tertiary/aromatic N) is 3. The van der Waals surface area contributed by atoms with Crippen LogP contribution in [0, 0.1) is 0 Å². The van der Waals surface area contributed by atoms with Crippen LogP contribution < -0.4 is 9.64 Å². The molecular weight excluding hydrogens is 390 g/mol. The molecule has 26 heavy (non-hydrogen) atoms. The first-order valence-electron chi connectivity index (χ1n) is 8.34. The first-order valence-corrected chi connectivity index (χ1v) is 10.4. The number of anilines is 1. The quantitative estimate of drug-likeness (QED) is 0.657. The lowest BCUT2D eigenvalue weighted by molar-refractivity contribution is -0.130. The number of amides is 1. The van der Waals surface area contributed by atoms with Crippen LogP contribution in [-0.2, 0) is 11.2 Å². The molecule has 0 radical (unpaired) electrons. The van der Waals surface area contributed by atoms with Gasteiger partial charge < -0.3 is 14.5 Å². The highest BCUT2D eigenvalue weighted by Gasteiger charge is 2.24. The van der Waals surface area contributed by atoms with E-state index in [-0.39, 0.29) is 5.91 Å². The number of fused-ring (bicyclic) bond motifs is 1. The smallest absolute Gasteiger partial charge is 0.227 e. The predicted octanol–water partition coefficient (Wildman–Crippen LogP) is 3.91. The van der Waals surface area contributed by atoms with Crippen LogP contribution in [0.5, 0.6) is 5.75 Å². The van der Waals surface area contributed by atoms with E-state index in [9.17, 15) is 4.79 Å². The molecule has 1 amide bonds. The number of methoxy groups -OCH3 is 1. The normalized spacial score (nSPS) is 14.8. The summed E-state index contributed by atoms with van der Waals surface area (Å²) in [7, 11) is 1.67. The van der Waals surface area contributed by atoms with Gasteiger partial charge in [-0.1, -0.05) is 29.0 Å². The lowest BCUT2D eigenvalue weighted by Gasteiger charge is -2.34. The van der Waals surface area contributed by atoms with Gasteiger partial charge in [-0.15, -0.1) is 11.3 Å². The summed E-state index contributed by atoms with van der Waals surface area (Å²) in [6, 6.07) is 9.74. The number of thiophene rings is 1. The third-order valence-corrected chi connectivity index (χ3v) is 6.76. The summed E-state index contributed by atoms with van der Waals surface area (Å²) < 4.78 is 7.24. The van der Waals surface area contributed by atoms with E-state index in [1.165, 1.54) is 11.3 Å². The summed E-state index contributed by atoms with van der Waals surface area (Å²) in [5.74, 6) is 0.961. The van der Waals surface area contributed by atoms with E-state index in [2.05, 4.69) is 11.0 Å². The molecule has 0 unspecified atom stereocenters. The van der Waals surface area contributed by atoms with Crippen LogP contribution in [0.1, 0.15) is 4.88 Å². The number of hydrogen-bond acceptors (Lipinski definition) is 6. The van der Waals surface area contributed by atoms with Gasteiger partial charge in [0.05, 0.1) is 22.6 Å². The third kappa shape index (κ3) is 3.51. The molecule has 1 saturated heterocycles. The van der Waals surface area contributed by atoms with Crippen LogP contribution in [-0.4, -0.2) is 49.1 Å². The van der Waals surface area contributed by atoms with Crippen LogP contribution in [0.2, 0.25) is 4.34 Å². The van der Waals surface area contributed by atoms with E-state index in [0.29, 0.717) is 19.5 Å². The van der Waals surface area contributed by atoms with Crippen molar-refractivity contribution in [2.75, 3.05) is 38.2 Å². The summed E-state index contributed by atoms with van der Waals surface area (Å²) in [4.78, 5) is 22.4. The number of carbonyl (C=O) groups is 1. The van der Waals surface area contributed by atoms with E-state index in [1.54, 1.807) is 18.4 Å². The summed E-state index contributed by atoms with van der Waals surface area (Å²) >= 11 is 9.08. The van der Waals surface area contributed by atoms with Gasteiger partial charge in [-0.3, -0.25) is 4.79 Å². The fraction of sp³-hybridized carbons (Fsp3) is 0.333. The average molecular weight is 408 g/mol. The number of rotatable bonds is 4. The number of piperazine rings is 1. The number of halogens is 1. The molecular formula is C18H18ClN3O2S2. The Hall–Kier alpha value is -1.83. The molecule has 0 aliphatic carbocycles. The minimum Gasteiger partial charge on any atom is -0.494 e. The van der Waals surface area contributed by atoms with Crippen LogP contribution in [0.15, 0.2) is 30.3 Å². The fourth-order valence-electron chi connectivity index (χ4n) is 3.07. The lowest BCUT2D eigenvalue weighted by atomic mass is 10.2. The molecule has 0 saturated carbocycles. The number of para-hydroxylation sites is 1. The van der Waals surface area contributed by atoms with Crippen LogP contribution in [0.3, 0.4) is 0 Å². The van der Waals surface area contributed by atoms with Gasteiger partial charge in [-0.2, -0.15) is 0 Å². The molecule has 0 bridgehead atoms. The van der Waals surface area contributed by atoms with Gasteiger partial charge in [0.15, 0.2) is 5.13 Å². The zero-order chi connectivity index (χ0) is 18.1. The van der Waals surface area contributed by atoms with Crippen molar-refractivity contribution < 1.29 is 9.53 Å². The predicted molar refractivity (Wildman–Crippen MR) is 108 cm³/mol. The first-order chi connectivity index (χ1) is 12.6. The second kappa shape index (κ2) is 7.42. The van der Waals surface area contributed by atoms with Gasteiger partial charge in [0.25, 0.3) is 0 Å². The van der Waals surface area contributed by atoms with E-state index < -0.39 is 0 Å². The number of carbonyl (C=O) groups excluding carboxylic acids is 1. The molecule has 0 atom stereocenters. The molecule has 136 valence electrons. The Morgan fingerprint density at radius 2 is 2.00 bits per heavy atom. The number of ether oxygens (including phenoxy) is 1. The molecule has 0 N–H and O–H groups in total. The highest BCUT2D eigenvalue weighted by molar-refractivity contribution is 7.22. The van der Waals surface area contributed by atoms with Gasteiger partial charge in [0.1, 0.15) is 11.3 Å². The number of aromatic nitrogens is 1. The van der Waals surface area contributed by atoms with Crippen molar-refractivity contribution in [3.8, 4) is 5.75 Å². The molecule has 3 heterocycles. The Balaban J connectivity index is 1.41. The van der Waals surface area contributed by atoms with E-state index in [1.807, 2.05) is 29.2 Å². The maximum atomic E-state index is 12.5. The van der Waals surface area contributed by atoms with E-state index in [0.717, 1.165) is 43.4 Å².